The van der Waals surface area contributed by atoms with E-state index in [0.29, 0.717) is 98.2 Å². The van der Waals surface area contributed by atoms with Gasteiger partial charge in [0.15, 0.2) is 5.60 Å². The number of fused-ring (bicyclic) bond motifs is 4. The van der Waals surface area contributed by atoms with Crippen molar-refractivity contribution in [3.05, 3.63) is 161 Å². The van der Waals surface area contributed by atoms with E-state index in [2.05, 4.69) is 42.8 Å². The molecule has 87 heavy (non-hydrogen) atoms. The van der Waals surface area contributed by atoms with Crippen LogP contribution >= 0.6 is 0 Å². The number of nitrogens with one attached hydrogen (secondary N) is 2. The zero-order valence-corrected chi connectivity index (χ0v) is 52.0. The Morgan fingerprint density at radius 3 is 1.77 bits per heavy atom. The van der Waals surface area contributed by atoms with Crippen molar-refractivity contribution in [2.75, 3.05) is 74.5 Å². The van der Waals surface area contributed by atoms with Crippen molar-refractivity contribution in [2.24, 2.45) is 5.92 Å². The highest BCUT2D eigenvalue weighted by molar-refractivity contribution is 6.91. The van der Waals surface area contributed by atoms with E-state index in [-0.39, 0.29) is 75.0 Å². The first-order valence-corrected chi connectivity index (χ1v) is 33.9. The van der Waals surface area contributed by atoms with Crippen LogP contribution in [0.3, 0.4) is 0 Å². The number of carbonyl (C=O) groups excluding carboxylic acids is 4. The average molecular weight is 1200 g/mol. The standard InChI is InChI=1S/C69H84N6O11Si/c1-7-84-54-25-30-60-49(38-54)40-58(70-32-12-14-35-76)66(80)74(60)51-20-18-48(19-21-51)45-73-62-29-22-52(75-61-31-26-55(85-8-2)39-50(61)41-59(67(75)81)71-33-13-15-36-77)42-57(62)69(68(73)82)46(3)65(87(5,6)56-27-23-53(83-4)24-28-56)63(86-69)43-64(79)72(34-37-78)44-47-16-10-9-11-17-47/h9-11,16-31,38-39,42,46,58-59,63,65,70-71,76-78H,7-8,12-15,32-37,40-41,43-45H2,1-6H3/t46-,58?,59?,63+,65-,69+/m0/s1. The third-order valence-corrected chi connectivity index (χ3v) is 22.3. The number of carbonyl (C=O) groups is 4. The van der Waals surface area contributed by atoms with Gasteiger partial charge < -0.3 is 54.7 Å². The molecule has 0 saturated carbocycles. The van der Waals surface area contributed by atoms with Crippen LogP contribution in [0.25, 0.3) is 0 Å². The number of hydrogen-bond donors (Lipinski definition) is 5. The minimum Gasteiger partial charge on any atom is -0.497 e. The van der Waals surface area contributed by atoms with E-state index in [1.807, 2.05) is 135 Å². The van der Waals surface area contributed by atoms with Crippen LogP contribution in [0.1, 0.15) is 80.7 Å². The molecule has 5 N–H and O–H groups in total. The Hall–Kier alpha value is -7.42. The zero-order chi connectivity index (χ0) is 61.4. The number of hydrogen-bond acceptors (Lipinski definition) is 13. The van der Waals surface area contributed by atoms with E-state index in [9.17, 15) is 20.1 Å². The van der Waals surface area contributed by atoms with Crippen LogP contribution in [0, 0.1) is 5.92 Å². The van der Waals surface area contributed by atoms with E-state index in [0.717, 1.165) is 45.3 Å². The predicted octanol–water partition coefficient (Wildman–Crippen LogP) is 8.57. The molecule has 1 fully saturated rings. The molecule has 6 aromatic rings. The lowest BCUT2D eigenvalue weighted by atomic mass is 9.82. The first-order chi connectivity index (χ1) is 42.2. The third-order valence-electron chi connectivity index (χ3n) is 18.0. The molecule has 4 aliphatic rings. The summed E-state index contributed by atoms with van der Waals surface area (Å²) in [6.07, 6.45) is 2.68. The largest absolute Gasteiger partial charge is 0.497 e. The fraction of sp³-hybridized carbons (Fsp3) is 0.420. The van der Waals surface area contributed by atoms with Gasteiger partial charge >= 0.3 is 0 Å². The number of anilines is 5. The van der Waals surface area contributed by atoms with Gasteiger partial charge in [0.2, 0.25) is 17.7 Å². The van der Waals surface area contributed by atoms with E-state index < -0.39 is 37.8 Å². The van der Waals surface area contributed by atoms with Gasteiger partial charge in [-0.2, -0.15) is 0 Å². The number of unbranched alkanes of at least 4 members (excludes halogenated alkanes) is 2. The summed E-state index contributed by atoms with van der Waals surface area (Å²) in [6, 6.07) is 41.7. The smallest absolute Gasteiger partial charge is 0.264 e. The van der Waals surface area contributed by atoms with Crippen molar-refractivity contribution in [1.82, 2.24) is 15.5 Å². The maximum Gasteiger partial charge on any atom is 0.264 e. The number of ether oxygens (including phenoxy) is 4. The first kappa shape index (κ1) is 62.6. The molecule has 6 aromatic carbocycles. The molecule has 1 saturated heterocycles. The molecule has 0 aromatic heterocycles. The van der Waals surface area contributed by atoms with Gasteiger partial charge in [0.25, 0.3) is 5.91 Å². The summed E-state index contributed by atoms with van der Waals surface area (Å²) in [5.41, 5.74) is 5.44. The summed E-state index contributed by atoms with van der Waals surface area (Å²) >= 11 is 0. The number of benzene rings is 6. The Kier molecular flexibility index (Phi) is 20.0. The molecule has 1 spiro atoms. The number of methoxy groups -OCH3 is 1. The molecular weight excluding hydrogens is 1120 g/mol. The minimum atomic E-state index is -2.79. The molecule has 0 aliphatic carbocycles. The van der Waals surface area contributed by atoms with Gasteiger partial charge in [-0.1, -0.05) is 79.8 Å². The molecular formula is C69H84N6O11Si. The summed E-state index contributed by atoms with van der Waals surface area (Å²) in [5.74, 6) is 0.814. The summed E-state index contributed by atoms with van der Waals surface area (Å²) in [7, 11) is -1.16. The monoisotopic (exact) mass is 1200 g/mol. The minimum absolute atomic E-state index is 0.0483. The van der Waals surface area contributed by atoms with E-state index in [1.165, 1.54) is 0 Å². The summed E-state index contributed by atoms with van der Waals surface area (Å²) in [5, 5.41) is 37.5. The number of rotatable bonds is 27. The van der Waals surface area contributed by atoms with Crippen LogP contribution in [0.5, 0.6) is 17.2 Å². The fourth-order valence-electron chi connectivity index (χ4n) is 13.7. The molecule has 460 valence electrons. The van der Waals surface area contributed by atoms with Crippen LogP contribution in [0.4, 0.5) is 28.4 Å². The highest BCUT2D eigenvalue weighted by Crippen LogP contribution is 2.61. The van der Waals surface area contributed by atoms with Gasteiger partial charge in [0.1, 0.15) is 17.2 Å². The summed E-state index contributed by atoms with van der Waals surface area (Å²) < 4.78 is 25.1. The van der Waals surface area contributed by atoms with E-state index in [4.69, 9.17) is 18.9 Å². The van der Waals surface area contributed by atoms with Gasteiger partial charge in [0, 0.05) is 49.2 Å². The highest BCUT2D eigenvalue weighted by atomic mass is 28.3. The number of nitrogens with zero attached hydrogens (tertiary/aromatic N) is 4. The molecule has 17 nitrogen and oxygen atoms in total. The molecule has 18 heteroatoms. The number of amides is 4. The van der Waals surface area contributed by atoms with Gasteiger partial charge in [-0.15, -0.1) is 0 Å². The van der Waals surface area contributed by atoms with Gasteiger partial charge in [-0.25, -0.2) is 0 Å². The molecule has 6 atom stereocenters. The Bertz CT molecular complexity index is 3390. The summed E-state index contributed by atoms with van der Waals surface area (Å²) in [4.78, 5) is 68.1. The van der Waals surface area contributed by atoms with Gasteiger partial charge in [-0.05, 0) is 172 Å². The SMILES string of the molecule is CCOc1ccc2c(c1)CC(NCCCCO)C(=O)N2c1ccc(CN2C(=O)[C@]3(O[C@H](CC(=O)N(CCO)Cc4ccccc4)[C@@H]([Si](C)(C)c4ccc(OC)cc4)[C@@H]3C)c3cc(N4C(=O)C(NCCCCO)Cc5cc(OCC)ccc54)ccc32)cc1. The molecule has 2 unspecified atom stereocenters. The molecule has 4 amide bonds. The number of aliphatic hydroxyl groups is 3. The Balaban J connectivity index is 1.08. The Morgan fingerprint density at radius 2 is 1.22 bits per heavy atom. The van der Waals surface area contributed by atoms with Crippen LogP contribution in [-0.2, 0) is 55.4 Å². The van der Waals surface area contributed by atoms with E-state index >= 15 is 14.4 Å². The second-order valence-electron chi connectivity index (χ2n) is 23.7. The van der Waals surface area contributed by atoms with Crippen molar-refractivity contribution in [1.29, 1.82) is 0 Å². The molecule has 0 radical (unpaired) electrons. The predicted molar refractivity (Wildman–Crippen MR) is 340 cm³/mol. The lowest BCUT2D eigenvalue weighted by molar-refractivity contribution is -0.150. The second kappa shape index (κ2) is 27.7. The normalized spacial score (nSPS) is 20.6. The van der Waals surface area contributed by atoms with Crippen molar-refractivity contribution in [3.8, 4) is 17.2 Å². The topological polar surface area (TPSA) is 203 Å². The maximum atomic E-state index is 16.5. The summed E-state index contributed by atoms with van der Waals surface area (Å²) in [6.45, 7) is 12.9. The van der Waals surface area contributed by atoms with Crippen LogP contribution in [0.15, 0.2) is 133 Å². The fourth-order valence-corrected chi connectivity index (χ4v) is 17.7. The molecule has 4 heterocycles. The van der Waals surface area contributed by atoms with Gasteiger partial charge in [0.05, 0.1) is 83.2 Å². The van der Waals surface area contributed by atoms with Gasteiger partial charge in [-0.3, -0.25) is 29.0 Å². The number of aliphatic hydroxyl groups excluding tert-OH is 3. The van der Waals surface area contributed by atoms with Crippen LogP contribution < -0.4 is 44.7 Å². The highest BCUT2D eigenvalue weighted by Gasteiger charge is 2.67. The zero-order valence-electron chi connectivity index (χ0n) is 51.0. The third kappa shape index (κ3) is 12.8. The van der Waals surface area contributed by atoms with Crippen molar-refractivity contribution >= 4 is 65.3 Å². The Morgan fingerprint density at radius 1 is 0.667 bits per heavy atom. The Labute approximate surface area is 512 Å². The van der Waals surface area contributed by atoms with Crippen LogP contribution in [0.2, 0.25) is 18.6 Å². The lowest BCUT2D eigenvalue weighted by Gasteiger charge is -2.37. The van der Waals surface area contributed by atoms with Crippen molar-refractivity contribution < 1.29 is 53.4 Å². The van der Waals surface area contributed by atoms with Crippen LogP contribution in [-0.4, -0.2) is 130 Å². The van der Waals surface area contributed by atoms with Crippen molar-refractivity contribution in [2.45, 2.75) is 121 Å². The first-order valence-electron chi connectivity index (χ1n) is 30.9. The molecule has 10 rings (SSSR count). The molecule has 4 aliphatic heterocycles. The second-order valence-corrected chi connectivity index (χ2v) is 28.4. The van der Waals surface area contributed by atoms with Crippen molar-refractivity contribution in [3.63, 3.8) is 0 Å². The lowest BCUT2D eigenvalue weighted by Crippen LogP contribution is -2.52. The van der Waals surface area contributed by atoms with E-state index in [1.54, 1.807) is 26.7 Å². The maximum absolute atomic E-state index is 16.5. The quantitative estimate of drug-likeness (QED) is 0.0243. The average Bonchev–Trinajstić information content (AvgIpc) is 1.54. The molecule has 0 bridgehead atoms.